The van der Waals surface area contributed by atoms with Crippen LogP contribution in [0.25, 0.3) is 17.0 Å². The first-order valence-corrected chi connectivity index (χ1v) is 7.96. The van der Waals surface area contributed by atoms with Gasteiger partial charge >= 0.3 is 5.97 Å². The van der Waals surface area contributed by atoms with Crippen LogP contribution in [0.15, 0.2) is 36.2 Å². The van der Waals surface area contributed by atoms with Crippen LogP contribution in [-0.4, -0.2) is 40.1 Å². The number of benzene rings is 1. The van der Waals surface area contributed by atoms with E-state index in [9.17, 15) is 9.59 Å². The molecule has 24 heavy (non-hydrogen) atoms. The maximum atomic E-state index is 12.2. The van der Waals surface area contributed by atoms with Gasteiger partial charge < -0.3 is 14.6 Å². The Morgan fingerprint density at radius 1 is 1.38 bits per heavy atom. The number of fused-ring (bicyclic) bond motifs is 1. The monoisotopic (exact) mass is 343 g/mol. The van der Waals surface area contributed by atoms with Gasteiger partial charge in [0, 0.05) is 29.7 Å². The maximum absolute atomic E-state index is 12.2. The number of ether oxygens (including phenoxy) is 1. The fourth-order valence-electron chi connectivity index (χ4n) is 2.65. The molecule has 0 radical (unpaired) electrons. The molecule has 1 amide bonds. The van der Waals surface area contributed by atoms with Crippen LogP contribution in [0, 0.1) is 0 Å². The standard InChI is InChI=1S/C17H17N3O3S/c1-3-23-15(21)10-20-9-11(12-6-4-5-7-14(12)20)8-13-16(22)19(2)17(24)18-13/h4-9H,3,10H2,1-2H3,(H,18,24)/b13-8-. The van der Waals surface area contributed by atoms with Crippen LogP contribution in [0.1, 0.15) is 12.5 Å². The number of nitrogens with zero attached hydrogens (tertiary/aromatic N) is 2. The largest absolute Gasteiger partial charge is 0.465 e. The van der Waals surface area contributed by atoms with Crippen molar-refractivity contribution in [3.63, 3.8) is 0 Å². The van der Waals surface area contributed by atoms with E-state index in [1.165, 1.54) is 4.90 Å². The molecular weight excluding hydrogens is 326 g/mol. The van der Waals surface area contributed by atoms with E-state index in [0.717, 1.165) is 16.5 Å². The van der Waals surface area contributed by atoms with Crippen LogP contribution in [0.3, 0.4) is 0 Å². The molecule has 0 aliphatic carbocycles. The van der Waals surface area contributed by atoms with Crippen molar-refractivity contribution in [2.24, 2.45) is 0 Å². The Kier molecular flexibility index (Phi) is 4.35. The fraction of sp³-hybridized carbons (Fsp3) is 0.235. The second-order valence-corrected chi connectivity index (χ2v) is 5.77. The number of carbonyl (C=O) groups excluding carboxylic acids is 2. The van der Waals surface area contributed by atoms with Gasteiger partial charge in [-0.15, -0.1) is 0 Å². The summed E-state index contributed by atoms with van der Waals surface area (Å²) in [7, 11) is 1.63. The number of nitrogens with one attached hydrogen (secondary N) is 1. The predicted octanol–water partition coefficient (Wildman–Crippen LogP) is 1.89. The molecule has 2 heterocycles. The highest BCUT2D eigenvalue weighted by molar-refractivity contribution is 7.80. The lowest BCUT2D eigenvalue weighted by Gasteiger charge is -2.04. The van der Waals surface area contributed by atoms with Crippen LogP contribution in [-0.2, 0) is 20.9 Å². The number of hydrogen-bond donors (Lipinski definition) is 1. The predicted molar refractivity (Wildman–Crippen MR) is 95.1 cm³/mol. The van der Waals surface area contributed by atoms with E-state index in [4.69, 9.17) is 17.0 Å². The van der Waals surface area contributed by atoms with Crippen molar-refractivity contribution in [1.82, 2.24) is 14.8 Å². The van der Waals surface area contributed by atoms with Crippen molar-refractivity contribution in [2.75, 3.05) is 13.7 Å². The summed E-state index contributed by atoms with van der Waals surface area (Å²) in [6.45, 7) is 2.24. The number of hydrogen-bond acceptors (Lipinski definition) is 4. The number of rotatable bonds is 4. The molecule has 0 unspecified atom stereocenters. The highest BCUT2D eigenvalue weighted by atomic mass is 32.1. The Hall–Kier alpha value is -2.67. The average Bonchev–Trinajstić information content (AvgIpc) is 3.02. The molecule has 1 aliphatic rings. The van der Waals surface area contributed by atoms with Crippen LogP contribution >= 0.6 is 12.2 Å². The van der Waals surface area contributed by atoms with E-state index >= 15 is 0 Å². The molecule has 1 fully saturated rings. The summed E-state index contributed by atoms with van der Waals surface area (Å²) in [5, 5.41) is 4.23. The molecule has 1 saturated heterocycles. The van der Waals surface area contributed by atoms with E-state index in [0.29, 0.717) is 17.4 Å². The molecule has 0 spiro atoms. The molecule has 6 nitrogen and oxygen atoms in total. The van der Waals surface area contributed by atoms with Gasteiger partial charge in [-0.1, -0.05) is 18.2 Å². The number of para-hydroxylation sites is 1. The SMILES string of the molecule is CCOC(=O)Cn1cc(/C=C2\NC(=S)N(C)C2=O)c2ccccc21. The Balaban J connectivity index is 2.02. The Labute approximate surface area is 144 Å². The van der Waals surface area contributed by atoms with Gasteiger partial charge in [-0.05, 0) is 31.3 Å². The third kappa shape index (κ3) is 2.90. The van der Waals surface area contributed by atoms with Crippen molar-refractivity contribution in [2.45, 2.75) is 13.5 Å². The topological polar surface area (TPSA) is 63.6 Å². The van der Waals surface area contributed by atoms with Gasteiger partial charge in [-0.2, -0.15) is 0 Å². The number of aromatic nitrogens is 1. The number of likely N-dealkylation sites (N-methyl/N-ethyl adjacent to an activating group) is 1. The molecule has 2 aromatic rings. The molecule has 1 N–H and O–H groups in total. The van der Waals surface area contributed by atoms with Crippen LogP contribution in [0.2, 0.25) is 0 Å². The molecule has 3 rings (SSSR count). The zero-order valence-electron chi connectivity index (χ0n) is 13.4. The quantitative estimate of drug-likeness (QED) is 0.522. The van der Waals surface area contributed by atoms with E-state index in [2.05, 4.69) is 5.32 Å². The molecule has 0 atom stereocenters. The summed E-state index contributed by atoms with van der Waals surface area (Å²) in [5.41, 5.74) is 2.16. The third-order valence-corrected chi connectivity index (χ3v) is 4.18. The van der Waals surface area contributed by atoms with Crippen LogP contribution in [0.5, 0.6) is 0 Å². The highest BCUT2D eigenvalue weighted by Gasteiger charge is 2.27. The molecule has 7 heteroatoms. The van der Waals surface area contributed by atoms with Crippen molar-refractivity contribution in [3.8, 4) is 0 Å². The lowest BCUT2D eigenvalue weighted by atomic mass is 10.1. The smallest absolute Gasteiger partial charge is 0.325 e. The van der Waals surface area contributed by atoms with Gasteiger partial charge in [0.1, 0.15) is 12.2 Å². The Morgan fingerprint density at radius 3 is 2.79 bits per heavy atom. The minimum absolute atomic E-state index is 0.122. The summed E-state index contributed by atoms with van der Waals surface area (Å²) < 4.78 is 6.84. The first kappa shape index (κ1) is 16.2. The van der Waals surface area contributed by atoms with Crippen LogP contribution < -0.4 is 5.32 Å². The third-order valence-electron chi connectivity index (χ3n) is 3.81. The van der Waals surface area contributed by atoms with E-state index in [1.54, 1.807) is 20.0 Å². The first-order chi connectivity index (χ1) is 11.5. The molecule has 0 bridgehead atoms. The molecular formula is C17H17N3O3S. The highest BCUT2D eigenvalue weighted by Crippen LogP contribution is 2.24. The average molecular weight is 343 g/mol. The van der Waals surface area contributed by atoms with Gasteiger partial charge in [0.25, 0.3) is 5.91 Å². The summed E-state index contributed by atoms with van der Waals surface area (Å²) in [6.07, 6.45) is 3.59. The number of amides is 1. The number of thiocarbonyl (C=S) groups is 1. The second-order valence-electron chi connectivity index (χ2n) is 5.39. The summed E-state index contributed by atoms with van der Waals surface area (Å²) in [5.74, 6) is -0.476. The zero-order valence-corrected chi connectivity index (χ0v) is 14.2. The van der Waals surface area contributed by atoms with Crippen LogP contribution in [0.4, 0.5) is 0 Å². The van der Waals surface area contributed by atoms with Crippen molar-refractivity contribution < 1.29 is 14.3 Å². The first-order valence-electron chi connectivity index (χ1n) is 7.55. The van der Waals surface area contributed by atoms with Crippen molar-refractivity contribution in [1.29, 1.82) is 0 Å². The van der Waals surface area contributed by atoms with Gasteiger partial charge in [0.15, 0.2) is 5.11 Å². The maximum Gasteiger partial charge on any atom is 0.325 e. The van der Waals surface area contributed by atoms with Gasteiger partial charge in [-0.3, -0.25) is 14.5 Å². The van der Waals surface area contributed by atoms with E-state index in [1.807, 2.05) is 35.0 Å². The molecule has 1 aliphatic heterocycles. The Bertz CT molecular complexity index is 869. The van der Waals surface area contributed by atoms with Crippen molar-refractivity contribution in [3.05, 3.63) is 41.7 Å². The molecule has 124 valence electrons. The van der Waals surface area contributed by atoms with E-state index < -0.39 is 0 Å². The van der Waals surface area contributed by atoms with Gasteiger partial charge in [-0.25, -0.2) is 0 Å². The minimum atomic E-state index is -0.298. The number of carbonyl (C=O) groups is 2. The fourth-order valence-corrected chi connectivity index (χ4v) is 2.84. The normalized spacial score (nSPS) is 16.1. The lowest BCUT2D eigenvalue weighted by molar-refractivity contribution is -0.143. The second kappa shape index (κ2) is 6.45. The van der Waals surface area contributed by atoms with E-state index in [-0.39, 0.29) is 18.4 Å². The minimum Gasteiger partial charge on any atom is -0.465 e. The van der Waals surface area contributed by atoms with Gasteiger partial charge in [0.2, 0.25) is 0 Å². The number of esters is 1. The van der Waals surface area contributed by atoms with Gasteiger partial charge in [0.05, 0.1) is 6.61 Å². The zero-order chi connectivity index (χ0) is 17.3. The lowest BCUT2D eigenvalue weighted by Crippen LogP contribution is -2.25. The van der Waals surface area contributed by atoms with Crippen molar-refractivity contribution >= 4 is 46.2 Å². The molecule has 0 saturated carbocycles. The summed E-state index contributed by atoms with van der Waals surface area (Å²) in [4.78, 5) is 25.3. The molecule has 1 aromatic heterocycles. The Morgan fingerprint density at radius 2 is 2.12 bits per heavy atom. The summed E-state index contributed by atoms with van der Waals surface area (Å²) >= 11 is 5.09. The summed E-state index contributed by atoms with van der Waals surface area (Å²) in [6, 6.07) is 7.70. The molecule has 1 aromatic carbocycles.